The standard InChI is InChI=1S/C26H21BrO4S/c1-17-14-21(10-11-23(17)31-16-26(28)29)30-13-12-22(18-6-8-20(27)9-7-18)25-15-19-4-2-3-5-24(19)32-25/h2-12,14-15H,13,16H2,1H3,(H,28,29)/b22-12+. The van der Waals surface area contributed by atoms with Crippen molar-refractivity contribution in [2.75, 3.05) is 13.2 Å². The smallest absolute Gasteiger partial charge is 0.341 e. The average Bonchev–Trinajstić information content (AvgIpc) is 3.21. The number of aryl methyl sites for hydroxylation is 1. The molecule has 0 bridgehead atoms. The van der Waals surface area contributed by atoms with E-state index in [-0.39, 0.29) is 6.61 Å². The van der Waals surface area contributed by atoms with Gasteiger partial charge in [0.15, 0.2) is 6.61 Å². The lowest BCUT2D eigenvalue weighted by molar-refractivity contribution is -0.139. The van der Waals surface area contributed by atoms with E-state index in [1.807, 2.05) is 25.1 Å². The summed E-state index contributed by atoms with van der Waals surface area (Å²) in [6, 6.07) is 24.2. The van der Waals surface area contributed by atoms with Crippen LogP contribution in [0.4, 0.5) is 0 Å². The van der Waals surface area contributed by atoms with E-state index in [4.69, 9.17) is 14.6 Å². The summed E-state index contributed by atoms with van der Waals surface area (Å²) in [4.78, 5) is 11.9. The maximum absolute atomic E-state index is 10.7. The number of carbonyl (C=O) groups is 1. The van der Waals surface area contributed by atoms with Crippen LogP contribution in [0.5, 0.6) is 11.5 Å². The van der Waals surface area contributed by atoms with Gasteiger partial charge in [0.25, 0.3) is 0 Å². The van der Waals surface area contributed by atoms with Crippen LogP contribution in [0.1, 0.15) is 16.0 Å². The topological polar surface area (TPSA) is 55.8 Å². The van der Waals surface area contributed by atoms with E-state index < -0.39 is 5.97 Å². The van der Waals surface area contributed by atoms with E-state index in [0.29, 0.717) is 18.1 Å². The molecule has 1 aromatic heterocycles. The lowest BCUT2D eigenvalue weighted by atomic mass is 10.0. The number of carboxylic acids is 1. The van der Waals surface area contributed by atoms with Crippen LogP contribution in [0.25, 0.3) is 15.7 Å². The summed E-state index contributed by atoms with van der Waals surface area (Å²) in [7, 11) is 0. The van der Waals surface area contributed by atoms with E-state index in [0.717, 1.165) is 21.2 Å². The molecule has 1 N–H and O–H groups in total. The third kappa shape index (κ3) is 5.39. The molecule has 0 aliphatic heterocycles. The molecule has 0 saturated heterocycles. The van der Waals surface area contributed by atoms with Crippen molar-refractivity contribution < 1.29 is 19.4 Å². The van der Waals surface area contributed by atoms with Gasteiger partial charge in [-0.1, -0.05) is 46.3 Å². The lowest BCUT2D eigenvalue weighted by Gasteiger charge is -2.11. The Bertz CT molecular complexity index is 1240. The van der Waals surface area contributed by atoms with Gasteiger partial charge in [0.2, 0.25) is 0 Å². The number of ether oxygens (including phenoxy) is 2. The molecule has 0 saturated carbocycles. The second kappa shape index (κ2) is 10.0. The van der Waals surface area contributed by atoms with Crippen LogP contribution in [0, 0.1) is 6.92 Å². The molecule has 6 heteroatoms. The van der Waals surface area contributed by atoms with Gasteiger partial charge in [0.05, 0.1) is 0 Å². The van der Waals surface area contributed by atoms with Crippen molar-refractivity contribution in [3.8, 4) is 11.5 Å². The Morgan fingerprint density at radius 1 is 1.03 bits per heavy atom. The van der Waals surface area contributed by atoms with E-state index in [9.17, 15) is 4.79 Å². The lowest BCUT2D eigenvalue weighted by Crippen LogP contribution is -2.10. The number of carboxylic acid groups (broad SMARTS) is 1. The summed E-state index contributed by atoms with van der Waals surface area (Å²) >= 11 is 5.27. The quantitative estimate of drug-likeness (QED) is 0.279. The van der Waals surface area contributed by atoms with Crippen LogP contribution in [-0.4, -0.2) is 24.3 Å². The zero-order valence-electron chi connectivity index (χ0n) is 17.4. The molecular formula is C26H21BrO4S. The SMILES string of the molecule is Cc1cc(OC/C=C(\c2ccc(Br)cc2)c2cc3ccccc3s2)ccc1OCC(=O)O. The number of fused-ring (bicyclic) bond motifs is 1. The molecule has 0 unspecified atom stereocenters. The molecule has 0 spiro atoms. The molecule has 0 aliphatic carbocycles. The minimum Gasteiger partial charge on any atom is -0.489 e. The van der Waals surface area contributed by atoms with Gasteiger partial charge in [-0.15, -0.1) is 11.3 Å². The third-order valence-corrected chi connectivity index (χ3v) is 6.56. The monoisotopic (exact) mass is 508 g/mol. The van der Waals surface area contributed by atoms with Gasteiger partial charge in [-0.25, -0.2) is 4.79 Å². The molecule has 32 heavy (non-hydrogen) atoms. The minimum atomic E-state index is -1.00. The van der Waals surface area contributed by atoms with Crippen molar-refractivity contribution in [3.63, 3.8) is 0 Å². The van der Waals surface area contributed by atoms with Crippen LogP contribution in [-0.2, 0) is 4.79 Å². The number of benzene rings is 3. The number of halogens is 1. The molecule has 162 valence electrons. The predicted molar refractivity (Wildman–Crippen MR) is 133 cm³/mol. The van der Waals surface area contributed by atoms with Crippen molar-refractivity contribution in [3.05, 3.63) is 99.3 Å². The summed E-state index contributed by atoms with van der Waals surface area (Å²) in [5, 5.41) is 10.0. The summed E-state index contributed by atoms with van der Waals surface area (Å²) in [5.74, 6) is 0.237. The van der Waals surface area contributed by atoms with Crippen molar-refractivity contribution in [1.29, 1.82) is 0 Å². The third-order valence-electron chi connectivity index (χ3n) is 4.88. The summed E-state index contributed by atoms with van der Waals surface area (Å²) in [6.07, 6.45) is 2.10. The van der Waals surface area contributed by atoms with Gasteiger partial charge in [-0.2, -0.15) is 0 Å². The first-order chi connectivity index (χ1) is 15.5. The fraction of sp³-hybridized carbons (Fsp3) is 0.115. The van der Waals surface area contributed by atoms with Crippen LogP contribution in [0.2, 0.25) is 0 Å². The number of hydrogen-bond donors (Lipinski definition) is 1. The Balaban J connectivity index is 1.56. The van der Waals surface area contributed by atoms with E-state index in [2.05, 4.69) is 64.5 Å². The van der Waals surface area contributed by atoms with Gasteiger partial charge >= 0.3 is 5.97 Å². The van der Waals surface area contributed by atoms with E-state index in [1.54, 1.807) is 23.5 Å². The second-order valence-electron chi connectivity index (χ2n) is 7.19. The molecule has 1 heterocycles. The summed E-state index contributed by atoms with van der Waals surface area (Å²) in [5.41, 5.74) is 3.07. The normalized spacial score (nSPS) is 11.5. The second-order valence-corrected chi connectivity index (χ2v) is 9.19. The molecule has 4 rings (SSSR count). The molecule has 0 amide bonds. The highest BCUT2D eigenvalue weighted by Gasteiger charge is 2.10. The molecule has 0 aliphatic rings. The van der Waals surface area contributed by atoms with Crippen molar-refractivity contribution in [1.82, 2.24) is 0 Å². The number of rotatable bonds is 8. The van der Waals surface area contributed by atoms with E-state index >= 15 is 0 Å². The van der Waals surface area contributed by atoms with Gasteiger partial charge in [0.1, 0.15) is 18.1 Å². The van der Waals surface area contributed by atoms with Crippen LogP contribution < -0.4 is 9.47 Å². The first-order valence-electron chi connectivity index (χ1n) is 10.0. The fourth-order valence-electron chi connectivity index (χ4n) is 3.34. The molecule has 3 aromatic carbocycles. The molecule has 4 nitrogen and oxygen atoms in total. The number of hydrogen-bond acceptors (Lipinski definition) is 4. The van der Waals surface area contributed by atoms with Gasteiger partial charge < -0.3 is 14.6 Å². The Kier molecular flexibility index (Phi) is 6.93. The molecular weight excluding hydrogens is 488 g/mol. The van der Waals surface area contributed by atoms with Crippen molar-refractivity contribution in [2.45, 2.75) is 6.92 Å². The first kappa shape index (κ1) is 22.1. The van der Waals surface area contributed by atoms with Crippen LogP contribution >= 0.6 is 27.3 Å². The molecule has 0 radical (unpaired) electrons. The number of thiophene rings is 1. The molecule has 4 aromatic rings. The Hall–Kier alpha value is -3.09. The highest BCUT2D eigenvalue weighted by atomic mass is 79.9. The summed E-state index contributed by atoms with van der Waals surface area (Å²) < 4.78 is 13.6. The Morgan fingerprint density at radius 3 is 2.53 bits per heavy atom. The van der Waals surface area contributed by atoms with Gasteiger partial charge in [-0.3, -0.25) is 0 Å². The number of aliphatic carboxylic acids is 1. The van der Waals surface area contributed by atoms with Crippen molar-refractivity contribution in [2.24, 2.45) is 0 Å². The average molecular weight is 509 g/mol. The maximum atomic E-state index is 10.7. The highest BCUT2D eigenvalue weighted by Crippen LogP contribution is 2.34. The molecule has 0 fully saturated rings. The summed E-state index contributed by atoms with van der Waals surface area (Å²) in [6.45, 7) is 1.90. The maximum Gasteiger partial charge on any atom is 0.341 e. The Labute approximate surface area is 198 Å². The van der Waals surface area contributed by atoms with Gasteiger partial charge in [-0.05, 0) is 77.6 Å². The van der Waals surface area contributed by atoms with Crippen LogP contribution in [0.3, 0.4) is 0 Å². The highest BCUT2D eigenvalue weighted by molar-refractivity contribution is 9.10. The van der Waals surface area contributed by atoms with Crippen molar-refractivity contribution >= 4 is 48.9 Å². The minimum absolute atomic E-state index is 0.366. The van der Waals surface area contributed by atoms with E-state index in [1.165, 1.54) is 15.0 Å². The Morgan fingerprint density at radius 2 is 1.81 bits per heavy atom. The first-order valence-corrected chi connectivity index (χ1v) is 11.6. The van der Waals surface area contributed by atoms with Crippen LogP contribution in [0.15, 0.2) is 83.3 Å². The molecule has 0 atom stereocenters. The van der Waals surface area contributed by atoms with Gasteiger partial charge in [0, 0.05) is 14.0 Å². The zero-order chi connectivity index (χ0) is 22.5. The largest absolute Gasteiger partial charge is 0.489 e. The zero-order valence-corrected chi connectivity index (χ0v) is 19.8. The fourth-order valence-corrected chi connectivity index (χ4v) is 4.73. The predicted octanol–water partition coefficient (Wildman–Crippen LogP) is 6.95.